The Morgan fingerprint density at radius 3 is 2.93 bits per heavy atom. The summed E-state index contributed by atoms with van der Waals surface area (Å²) in [7, 11) is 0. The normalized spacial score (nSPS) is 10.4. The van der Waals surface area contributed by atoms with Crippen LogP contribution >= 0.6 is 22.6 Å². The van der Waals surface area contributed by atoms with Crippen LogP contribution < -0.4 is 0 Å². The van der Waals surface area contributed by atoms with E-state index in [-0.39, 0.29) is 0 Å². The third kappa shape index (κ3) is 2.09. The van der Waals surface area contributed by atoms with Gasteiger partial charge in [-0.15, -0.1) is 5.10 Å². The van der Waals surface area contributed by atoms with Gasteiger partial charge in [0.1, 0.15) is 5.69 Å². The smallest absolute Gasteiger partial charge is 0.131 e. The van der Waals surface area contributed by atoms with Gasteiger partial charge in [0.2, 0.25) is 0 Å². The van der Waals surface area contributed by atoms with Crippen LogP contribution in [0.2, 0.25) is 0 Å². The summed E-state index contributed by atoms with van der Waals surface area (Å²) in [4.78, 5) is 4.20. The van der Waals surface area contributed by atoms with Crippen LogP contribution in [0.1, 0.15) is 0 Å². The summed E-state index contributed by atoms with van der Waals surface area (Å²) in [6.07, 6.45) is 3.67. The van der Waals surface area contributed by atoms with Gasteiger partial charge in [0.15, 0.2) is 0 Å². The van der Waals surface area contributed by atoms with Gasteiger partial charge >= 0.3 is 0 Å². The van der Waals surface area contributed by atoms with Crippen molar-refractivity contribution >= 4 is 22.6 Å². The molecular weight excluding hydrogens is 291 g/mol. The zero-order valence-electron chi connectivity index (χ0n) is 7.47. The van der Waals surface area contributed by atoms with Crippen molar-refractivity contribution in [2.75, 3.05) is 4.43 Å². The number of alkyl halides is 1. The second-order valence-corrected chi connectivity index (χ2v) is 3.85. The summed E-state index contributed by atoms with van der Waals surface area (Å²) in [5.74, 6) is 0. The molecule has 0 aliphatic rings. The minimum atomic E-state index is 0.829. The van der Waals surface area contributed by atoms with E-state index < -0.39 is 0 Å². The Labute approximate surface area is 95.5 Å². The first-order valence-electron chi connectivity index (χ1n) is 4.27. The summed E-state index contributed by atoms with van der Waals surface area (Å²) >= 11 is 2.31. The minimum Gasteiger partial charge on any atom is -0.254 e. The van der Waals surface area contributed by atoms with Gasteiger partial charge in [-0.1, -0.05) is 33.9 Å². The van der Waals surface area contributed by atoms with E-state index in [1.165, 1.54) is 0 Å². The lowest BCUT2D eigenvalue weighted by atomic mass is 10.3. The van der Waals surface area contributed by atoms with Crippen molar-refractivity contribution in [2.24, 2.45) is 0 Å². The first-order chi connectivity index (χ1) is 6.90. The molecule has 0 radical (unpaired) electrons. The molecule has 2 aromatic heterocycles. The predicted octanol–water partition coefficient (Wildman–Crippen LogP) is 1.78. The zero-order chi connectivity index (χ0) is 9.80. The molecule has 0 saturated heterocycles. The van der Waals surface area contributed by atoms with Gasteiger partial charge in [0, 0.05) is 10.6 Å². The van der Waals surface area contributed by atoms with Crippen molar-refractivity contribution in [3.05, 3.63) is 30.6 Å². The Morgan fingerprint density at radius 1 is 1.29 bits per heavy atom. The molecule has 2 heterocycles. The summed E-state index contributed by atoms with van der Waals surface area (Å²) < 4.78 is 2.86. The molecule has 72 valence electrons. The van der Waals surface area contributed by atoms with Crippen LogP contribution in [0.3, 0.4) is 0 Å². The molecule has 0 bridgehead atoms. The standard InChI is InChI=1S/C9H9IN4/c10-4-6-14-7-9(12-13-14)8-3-1-2-5-11-8/h1-3,5,7H,4,6H2. The molecule has 0 saturated carbocycles. The molecule has 0 unspecified atom stereocenters. The van der Waals surface area contributed by atoms with E-state index in [0.717, 1.165) is 22.4 Å². The van der Waals surface area contributed by atoms with E-state index in [1.54, 1.807) is 6.20 Å². The fourth-order valence-electron chi connectivity index (χ4n) is 1.13. The lowest BCUT2D eigenvalue weighted by Crippen LogP contribution is -1.98. The highest BCUT2D eigenvalue weighted by atomic mass is 127. The highest BCUT2D eigenvalue weighted by Gasteiger charge is 2.03. The number of aryl methyl sites for hydroxylation is 1. The molecule has 2 aromatic rings. The number of hydrogen-bond acceptors (Lipinski definition) is 3. The van der Waals surface area contributed by atoms with Crippen molar-refractivity contribution in [1.82, 2.24) is 20.0 Å². The van der Waals surface area contributed by atoms with E-state index in [0.29, 0.717) is 0 Å². The Morgan fingerprint density at radius 2 is 2.21 bits per heavy atom. The van der Waals surface area contributed by atoms with E-state index >= 15 is 0 Å². The predicted molar refractivity (Wildman–Crippen MR) is 62.1 cm³/mol. The van der Waals surface area contributed by atoms with Gasteiger partial charge in [0.05, 0.1) is 18.4 Å². The van der Waals surface area contributed by atoms with Crippen LogP contribution in [0.25, 0.3) is 11.4 Å². The lowest BCUT2D eigenvalue weighted by molar-refractivity contribution is 0.637. The lowest BCUT2D eigenvalue weighted by Gasteiger charge is -1.93. The number of rotatable bonds is 3. The molecule has 14 heavy (non-hydrogen) atoms. The van der Waals surface area contributed by atoms with E-state index in [1.807, 2.05) is 29.1 Å². The number of halogens is 1. The van der Waals surface area contributed by atoms with Gasteiger partial charge in [-0.2, -0.15) is 0 Å². The van der Waals surface area contributed by atoms with Gasteiger partial charge in [-0.25, -0.2) is 0 Å². The molecule has 0 aromatic carbocycles. The molecule has 0 fully saturated rings. The molecule has 0 amide bonds. The molecule has 4 nitrogen and oxygen atoms in total. The van der Waals surface area contributed by atoms with Crippen molar-refractivity contribution in [3.8, 4) is 11.4 Å². The van der Waals surface area contributed by atoms with Crippen LogP contribution in [-0.4, -0.2) is 24.4 Å². The van der Waals surface area contributed by atoms with Gasteiger partial charge in [0.25, 0.3) is 0 Å². The Kier molecular flexibility index (Phi) is 3.07. The highest BCUT2D eigenvalue weighted by Crippen LogP contribution is 2.11. The summed E-state index contributed by atoms with van der Waals surface area (Å²) in [6.45, 7) is 0.889. The maximum atomic E-state index is 4.20. The number of aromatic nitrogens is 4. The minimum absolute atomic E-state index is 0.829. The average molecular weight is 300 g/mol. The van der Waals surface area contributed by atoms with Gasteiger partial charge in [-0.3, -0.25) is 9.67 Å². The first-order valence-corrected chi connectivity index (χ1v) is 5.80. The molecule has 0 aliphatic heterocycles. The van der Waals surface area contributed by atoms with Crippen LogP contribution in [-0.2, 0) is 6.54 Å². The van der Waals surface area contributed by atoms with Crippen LogP contribution in [0.5, 0.6) is 0 Å². The second-order valence-electron chi connectivity index (χ2n) is 2.77. The molecule has 0 atom stereocenters. The maximum absolute atomic E-state index is 4.20. The van der Waals surface area contributed by atoms with Crippen molar-refractivity contribution < 1.29 is 0 Å². The topological polar surface area (TPSA) is 43.6 Å². The maximum Gasteiger partial charge on any atom is 0.131 e. The van der Waals surface area contributed by atoms with E-state index in [2.05, 4.69) is 37.9 Å². The average Bonchev–Trinajstić information content (AvgIpc) is 2.68. The molecule has 0 N–H and O–H groups in total. The summed E-state index contributed by atoms with van der Waals surface area (Å²) in [5, 5.41) is 8.06. The van der Waals surface area contributed by atoms with Crippen molar-refractivity contribution in [3.63, 3.8) is 0 Å². The summed E-state index contributed by atoms with van der Waals surface area (Å²) in [6, 6.07) is 5.76. The quantitative estimate of drug-likeness (QED) is 0.641. The largest absolute Gasteiger partial charge is 0.254 e. The van der Waals surface area contributed by atoms with Crippen LogP contribution in [0.15, 0.2) is 30.6 Å². The van der Waals surface area contributed by atoms with Crippen molar-refractivity contribution in [2.45, 2.75) is 6.54 Å². The summed E-state index contributed by atoms with van der Waals surface area (Å²) in [5.41, 5.74) is 1.70. The van der Waals surface area contributed by atoms with Crippen molar-refractivity contribution in [1.29, 1.82) is 0 Å². The molecule has 0 aliphatic carbocycles. The third-order valence-corrected chi connectivity index (χ3v) is 2.26. The fourth-order valence-corrected chi connectivity index (χ4v) is 1.62. The monoisotopic (exact) mass is 300 g/mol. The Bertz CT molecular complexity index is 398. The Balaban J connectivity index is 2.25. The van der Waals surface area contributed by atoms with E-state index in [9.17, 15) is 0 Å². The Hall–Kier alpha value is -0.980. The number of hydrogen-bond donors (Lipinski definition) is 0. The molecule has 0 spiro atoms. The zero-order valence-corrected chi connectivity index (χ0v) is 9.63. The third-order valence-electron chi connectivity index (χ3n) is 1.78. The molecule has 5 heteroatoms. The van der Waals surface area contributed by atoms with E-state index in [4.69, 9.17) is 0 Å². The fraction of sp³-hybridized carbons (Fsp3) is 0.222. The molecule has 2 rings (SSSR count). The molecular formula is C9H9IN4. The number of nitrogens with zero attached hydrogens (tertiary/aromatic N) is 4. The van der Waals surface area contributed by atoms with Crippen LogP contribution in [0, 0.1) is 0 Å². The van der Waals surface area contributed by atoms with Gasteiger partial charge in [-0.05, 0) is 12.1 Å². The first kappa shape index (κ1) is 9.57. The highest BCUT2D eigenvalue weighted by molar-refractivity contribution is 14.1. The SMILES string of the molecule is ICCn1cc(-c2ccccn2)nn1. The second kappa shape index (κ2) is 4.50. The van der Waals surface area contributed by atoms with Crippen LogP contribution in [0.4, 0.5) is 0 Å². The number of pyridine rings is 1. The van der Waals surface area contributed by atoms with Gasteiger partial charge < -0.3 is 0 Å².